The minimum atomic E-state index is -0.238. The number of carbonyl (C=O) groups is 1. The summed E-state index contributed by atoms with van der Waals surface area (Å²) in [5.74, 6) is -0.130. The number of nitrogens with zero attached hydrogens (tertiary/aromatic N) is 4. The number of fused-ring (bicyclic) bond motifs is 1. The molecule has 2 aromatic heterocycles. The summed E-state index contributed by atoms with van der Waals surface area (Å²) in [6.45, 7) is 7.04. The number of likely N-dealkylation sites (N-methyl/N-ethyl adjacent to an activating group) is 1. The number of halogens is 1. The first kappa shape index (κ1) is 18.6. The molecule has 0 radical (unpaired) electrons. The van der Waals surface area contributed by atoms with Crippen molar-refractivity contribution in [1.82, 2.24) is 19.2 Å². The van der Waals surface area contributed by atoms with E-state index in [1.807, 2.05) is 34.6 Å². The second-order valence-electron chi connectivity index (χ2n) is 7.67. The average molecular weight is 380 g/mol. The highest BCUT2D eigenvalue weighted by molar-refractivity contribution is 5.82. The van der Waals surface area contributed by atoms with Crippen LogP contribution in [0.3, 0.4) is 0 Å². The average Bonchev–Trinajstić information content (AvgIpc) is 3.02. The van der Waals surface area contributed by atoms with E-state index < -0.39 is 0 Å². The molecule has 1 aliphatic heterocycles. The standard InChI is InChI=1S/C22H25FN4O/c1-15-4-7-20-24-22(17-5-6-18(23)16(2)12-17)19(27(20)14-15)13-21(28)26-10-8-25(3)9-11-26/h4-7,12,14H,8-11,13H2,1-3H3. The summed E-state index contributed by atoms with van der Waals surface area (Å²) in [6.07, 6.45) is 2.29. The molecule has 3 aromatic rings. The van der Waals surface area contributed by atoms with Crippen molar-refractivity contribution in [2.24, 2.45) is 0 Å². The van der Waals surface area contributed by atoms with Crippen molar-refractivity contribution in [3.8, 4) is 11.3 Å². The maximum absolute atomic E-state index is 13.8. The molecule has 1 fully saturated rings. The molecule has 1 saturated heterocycles. The molecular formula is C22H25FN4O. The van der Waals surface area contributed by atoms with Crippen molar-refractivity contribution < 1.29 is 9.18 Å². The fourth-order valence-corrected chi connectivity index (χ4v) is 3.70. The Balaban J connectivity index is 1.75. The fraction of sp³-hybridized carbons (Fsp3) is 0.364. The number of rotatable bonds is 3. The van der Waals surface area contributed by atoms with Crippen LogP contribution in [0.4, 0.5) is 4.39 Å². The predicted molar refractivity (Wildman–Crippen MR) is 108 cm³/mol. The van der Waals surface area contributed by atoms with E-state index in [9.17, 15) is 9.18 Å². The van der Waals surface area contributed by atoms with E-state index in [1.165, 1.54) is 6.07 Å². The summed E-state index contributed by atoms with van der Waals surface area (Å²) >= 11 is 0. The minimum absolute atomic E-state index is 0.108. The van der Waals surface area contributed by atoms with Crippen molar-refractivity contribution in [1.29, 1.82) is 0 Å². The summed E-state index contributed by atoms with van der Waals surface area (Å²) in [5.41, 5.74) is 4.90. The van der Waals surface area contributed by atoms with Gasteiger partial charge in [0.05, 0.1) is 17.8 Å². The maximum atomic E-state index is 13.8. The van der Waals surface area contributed by atoms with Crippen molar-refractivity contribution in [2.45, 2.75) is 20.3 Å². The molecule has 0 bridgehead atoms. The van der Waals surface area contributed by atoms with Gasteiger partial charge in [-0.3, -0.25) is 4.79 Å². The molecule has 3 heterocycles. The lowest BCUT2D eigenvalue weighted by Crippen LogP contribution is -2.47. The number of aromatic nitrogens is 2. The SMILES string of the molecule is Cc1ccc2nc(-c3ccc(F)c(C)c3)c(CC(=O)N3CCN(C)CC3)n2c1. The number of carbonyl (C=O) groups excluding carboxylic acids is 1. The number of benzene rings is 1. The lowest BCUT2D eigenvalue weighted by molar-refractivity contribution is -0.132. The van der Waals surface area contributed by atoms with E-state index in [4.69, 9.17) is 4.98 Å². The molecule has 0 N–H and O–H groups in total. The first-order valence-corrected chi connectivity index (χ1v) is 9.63. The Bertz CT molecular complexity index is 1030. The van der Waals surface area contributed by atoms with E-state index in [-0.39, 0.29) is 18.1 Å². The highest BCUT2D eigenvalue weighted by Crippen LogP contribution is 2.27. The van der Waals surface area contributed by atoms with Gasteiger partial charge in [-0.1, -0.05) is 6.07 Å². The van der Waals surface area contributed by atoms with Crippen LogP contribution < -0.4 is 0 Å². The van der Waals surface area contributed by atoms with E-state index in [2.05, 4.69) is 11.9 Å². The van der Waals surface area contributed by atoms with Gasteiger partial charge in [-0.2, -0.15) is 0 Å². The molecule has 0 aliphatic carbocycles. The third kappa shape index (κ3) is 3.52. The second kappa shape index (κ2) is 7.36. The third-order valence-corrected chi connectivity index (χ3v) is 5.47. The predicted octanol–water partition coefficient (Wildman–Crippen LogP) is 3.07. The number of imidazole rings is 1. The van der Waals surface area contributed by atoms with Crippen LogP contribution in [0, 0.1) is 19.7 Å². The molecular weight excluding hydrogens is 355 g/mol. The molecule has 1 amide bonds. The lowest BCUT2D eigenvalue weighted by Gasteiger charge is -2.32. The van der Waals surface area contributed by atoms with Gasteiger partial charge < -0.3 is 14.2 Å². The molecule has 6 heteroatoms. The van der Waals surface area contributed by atoms with Gasteiger partial charge in [0.25, 0.3) is 0 Å². The van der Waals surface area contributed by atoms with Gasteiger partial charge in [0.2, 0.25) is 5.91 Å². The summed E-state index contributed by atoms with van der Waals surface area (Å²) < 4.78 is 15.8. The Kier molecular flexibility index (Phi) is 4.89. The number of hydrogen-bond donors (Lipinski definition) is 0. The van der Waals surface area contributed by atoms with Gasteiger partial charge in [-0.15, -0.1) is 0 Å². The highest BCUT2D eigenvalue weighted by atomic mass is 19.1. The largest absolute Gasteiger partial charge is 0.340 e. The summed E-state index contributed by atoms with van der Waals surface area (Å²) in [4.78, 5) is 21.9. The van der Waals surface area contributed by atoms with Gasteiger partial charge in [-0.05, 0) is 56.3 Å². The first-order valence-electron chi connectivity index (χ1n) is 9.63. The zero-order valence-corrected chi connectivity index (χ0v) is 16.6. The molecule has 0 unspecified atom stereocenters. The summed E-state index contributed by atoms with van der Waals surface area (Å²) in [7, 11) is 2.07. The molecule has 1 aromatic carbocycles. The van der Waals surface area contributed by atoms with Gasteiger partial charge in [0.1, 0.15) is 11.5 Å². The van der Waals surface area contributed by atoms with Crippen molar-refractivity contribution in [3.05, 3.63) is 59.2 Å². The van der Waals surface area contributed by atoms with Gasteiger partial charge in [0.15, 0.2) is 0 Å². The third-order valence-electron chi connectivity index (χ3n) is 5.47. The minimum Gasteiger partial charge on any atom is -0.340 e. The zero-order chi connectivity index (χ0) is 19.8. The summed E-state index contributed by atoms with van der Waals surface area (Å²) in [6, 6.07) is 8.97. The van der Waals surface area contributed by atoms with Gasteiger partial charge in [-0.25, -0.2) is 9.37 Å². The normalized spacial score (nSPS) is 15.4. The van der Waals surface area contributed by atoms with Crippen LogP contribution in [0.25, 0.3) is 16.9 Å². The molecule has 28 heavy (non-hydrogen) atoms. The Morgan fingerprint density at radius 3 is 2.57 bits per heavy atom. The number of aryl methyl sites for hydroxylation is 2. The summed E-state index contributed by atoms with van der Waals surface area (Å²) in [5, 5.41) is 0. The fourth-order valence-electron chi connectivity index (χ4n) is 3.70. The van der Waals surface area contributed by atoms with Crippen LogP contribution in [0.5, 0.6) is 0 Å². The molecule has 0 saturated carbocycles. The van der Waals surface area contributed by atoms with Crippen LogP contribution in [-0.4, -0.2) is 58.3 Å². The maximum Gasteiger partial charge on any atom is 0.228 e. The first-order chi connectivity index (χ1) is 13.4. The zero-order valence-electron chi connectivity index (χ0n) is 16.6. The quantitative estimate of drug-likeness (QED) is 0.701. The van der Waals surface area contributed by atoms with Crippen LogP contribution in [0.2, 0.25) is 0 Å². The van der Waals surface area contributed by atoms with E-state index in [0.29, 0.717) is 5.56 Å². The number of hydrogen-bond acceptors (Lipinski definition) is 3. The van der Waals surface area contributed by atoms with Crippen LogP contribution >= 0.6 is 0 Å². The Morgan fingerprint density at radius 1 is 1.11 bits per heavy atom. The topological polar surface area (TPSA) is 40.9 Å². The van der Waals surface area contributed by atoms with Crippen LogP contribution in [0.1, 0.15) is 16.8 Å². The molecule has 1 aliphatic rings. The van der Waals surface area contributed by atoms with E-state index in [0.717, 1.165) is 54.3 Å². The van der Waals surface area contributed by atoms with Crippen LogP contribution in [-0.2, 0) is 11.2 Å². The molecule has 0 spiro atoms. The van der Waals surface area contributed by atoms with Crippen molar-refractivity contribution in [3.63, 3.8) is 0 Å². The van der Waals surface area contributed by atoms with Crippen LogP contribution in [0.15, 0.2) is 36.5 Å². The molecule has 146 valence electrons. The highest BCUT2D eigenvalue weighted by Gasteiger charge is 2.23. The lowest BCUT2D eigenvalue weighted by atomic mass is 10.1. The number of amides is 1. The number of pyridine rings is 1. The number of piperazine rings is 1. The molecule has 5 nitrogen and oxygen atoms in total. The van der Waals surface area contributed by atoms with E-state index >= 15 is 0 Å². The Hall–Kier alpha value is -2.73. The monoisotopic (exact) mass is 380 g/mol. The van der Waals surface area contributed by atoms with Gasteiger partial charge >= 0.3 is 0 Å². The Morgan fingerprint density at radius 2 is 1.86 bits per heavy atom. The van der Waals surface area contributed by atoms with E-state index in [1.54, 1.807) is 19.1 Å². The second-order valence-corrected chi connectivity index (χ2v) is 7.67. The molecule has 4 rings (SSSR count). The van der Waals surface area contributed by atoms with Crippen molar-refractivity contribution in [2.75, 3.05) is 33.2 Å². The van der Waals surface area contributed by atoms with Crippen molar-refractivity contribution >= 4 is 11.6 Å². The Labute approximate surface area is 164 Å². The van der Waals surface area contributed by atoms with Gasteiger partial charge in [0, 0.05) is 37.9 Å². The molecule has 0 atom stereocenters. The smallest absolute Gasteiger partial charge is 0.228 e.